The molecular weight excluding hydrogens is 491 g/mol. The number of carboxylic acid groups (broad SMARTS) is 2. The molecule has 0 amide bonds. The molecule has 2 fully saturated rings. The summed E-state index contributed by atoms with van der Waals surface area (Å²) in [4.78, 5) is 27.4. The molecule has 0 heterocycles. The van der Waals surface area contributed by atoms with Crippen molar-refractivity contribution in [1.82, 2.24) is 0 Å². The number of carboxylic acids is 2. The fraction of sp³-hybridized carbons (Fsp3) is 0.735. The van der Waals surface area contributed by atoms with E-state index in [-0.39, 0.29) is 0 Å². The van der Waals surface area contributed by atoms with Crippen LogP contribution in [0.3, 0.4) is 0 Å². The Kier molecular flexibility index (Phi) is 11.9. The van der Waals surface area contributed by atoms with Gasteiger partial charge in [0.15, 0.2) is 0 Å². The second kappa shape index (κ2) is 14.6. The lowest BCUT2D eigenvalue weighted by Crippen LogP contribution is -2.64. The standard InChI is InChI=1S/C34H52FO4/c1-3-5-13-18-27-19-20-28(29(35)26-27)34(25-6-4-2,32(30(36)37)21-14-9-7-10-15-22-32)33(31(38)39)23-16-11-8-12-17-24-33/h19-20,25-26H,3-18,21-24H2,1-2H3,(H,36,37)(H,38,39). The second-order valence-corrected chi connectivity index (χ2v) is 12.4. The summed E-state index contributed by atoms with van der Waals surface area (Å²) in [6.07, 6.45) is 17.5. The third-order valence-corrected chi connectivity index (χ3v) is 10.0. The first kappa shape index (κ1) is 31.6. The summed E-state index contributed by atoms with van der Waals surface area (Å²) in [6.45, 7) is 4.17. The van der Waals surface area contributed by atoms with Crippen LogP contribution in [-0.4, -0.2) is 22.2 Å². The predicted octanol–water partition coefficient (Wildman–Crippen LogP) is 9.43. The van der Waals surface area contributed by atoms with Gasteiger partial charge in [0.05, 0.1) is 10.8 Å². The number of carbonyl (C=O) groups is 2. The Bertz CT molecular complexity index is 883. The molecule has 0 aliphatic heterocycles. The highest BCUT2D eigenvalue weighted by atomic mass is 19.1. The molecule has 0 bridgehead atoms. The first-order valence-corrected chi connectivity index (χ1v) is 15.9. The summed E-state index contributed by atoms with van der Waals surface area (Å²) in [5.41, 5.74) is -2.97. The lowest BCUT2D eigenvalue weighted by atomic mass is 9.41. The fourth-order valence-corrected chi connectivity index (χ4v) is 8.02. The monoisotopic (exact) mass is 543 g/mol. The van der Waals surface area contributed by atoms with E-state index in [2.05, 4.69) is 6.92 Å². The largest absolute Gasteiger partial charge is 0.481 e. The highest BCUT2D eigenvalue weighted by Crippen LogP contribution is 2.65. The molecule has 0 aromatic heterocycles. The van der Waals surface area contributed by atoms with E-state index in [0.717, 1.165) is 102 Å². The van der Waals surface area contributed by atoms with Crippen LogP contribution in [0.4, 0.5) is 4.39 Å². The molecule has 3 rings (SSSR count). The number of hydrogen-bond acceptors (Lipinski definition) is 2. The van der Waals surface area contributed by atoms with Crippen molar-refractivity contribution in [2.75, 3.05) is 0 Å². The van der Waals surface area contributed by atoms with Crippen LogP contribution >= 0.6 is 0 Å². The average molecular weight is 544 g/mol. The molecule has 5 heteroatoms. The van der Waals surface area contributed by atoms with Gasteiger partial charge in [0.2, 0.25) is 0 Å². The van der Waals surface area contributed by atoms with E-state index in [0.29, 0.717) is 37.7 Å². The number of aryl methyl sites for hydroxylation is 1. The molecule has 2 aliphatic carbocycles. The van der Waals surface area contributed by atoms with Crippen molar-refractivity contribution in [1.29, 1.82) is 0 Å². The molecule has 0 atom stereocenters. The zero-order valence-electron chi connectivity index (χ0n) is 24.5. The zero-order valence-corrected chi connectivity index (χ0v) is 24.5. The fourth-order valence-electron chi connectivity index (χ4n) is 8.02. The number of unbranched alkanes of at least 4 members (excludes halogenated alkanes) is 3. The number of hydrogen-bond donors (Lipinski definition) is 2. The number of rotatable bonds is 12. The highest BCUT2D eigenvalue weighted by Gasteiger charge is 2.69. The zero-order chi connectivity index (χ0) is 28.4. The molecule has 0 saturated heterocycles. The average Bonchev–Trinajstić information content (AvgIpc) is 2.86. The summed E-state index contributed by atoms with van der Waals surface area (Å²) >= 11 is 0. The molecule has 4 nitrogen and oxygen atoms in total. The summed E-state index contributed by atoms with van der Waals surface area (Å²) in [7, 11) is 0. The van der Waals surface area contributed by atoms with Gasteiger partial charge in [-0.1, -0.05) is 109 Å². The maximum Gasteiger partial charge on any atom is 0.310 e. The quantitative estimate of drug-likeness (QED) is 0.257. The molecule has 1 radical (unpaired) electrons. The minimum absolute atomic E-state index is 0.307. The predicted molar refractivity (Wildman–Crippen MR) is 155 cm³/mol. The molecule has 2 saturated carbocycles. The van der Waals surface area contributed by atoms with E-state index in [1.165, 1.54) is 0 Å². The van der Waals surface area contributed by atoms with E-state index < -0.39 is 34.0 Å². The maximum atomic E-state index is 16.6. The van der Waals surface area contributed by atoms with E-state index in [9.17, 15) is 19.8 Å². The van der Waals surface area contributed by atoms with Crippen molar-refractivity contribution in [3.8, 4) is 0 Å². The van der Waals surface area contributed by atoms with Gasteiger partial charge in [0.1, 0.15) is 5.82 Å². The summed E-state index contributed by atoms with van der Waals surface area (Å²) in [5.74, 6) is -2.33. The Labute approximate surface area is 236 Å². The van der Waals surface area contributed by atoms with Crippen LogP contribution in [0.25, 0.3) is 0 Å². The van der Waals surface area contributed by atoms with E-state index >= 15 is 4.39 Å². The molecule has 2 aliphatic rings. The van der Waals surface area contributed by atoms with Crippen molar-refractivity contribution in [2.45, 2.75) is 148 Å². The smallest absolute Gasteiger partial charge is 0.310 e. The maximum absolute atomic E-state index is 16.6. The lowest BCUT2D eigenvalue weighted by molar-refractivity contribution is -0.174. The Morgan fingerprint density at radius 3 is 1.69 bits per heavy atom. The van der Waals surface area contributed by atoms with Crippen molar-refractivity contribution in [3.05, 3.63) is 41.6 Å². The Morgan fingerprint density at radius 1 is 0.795 bits per heavy atom. The first-order valence-electron chi connectivity index (χ1n) is 15.9. The minimum Gasteiger partial charge on any atom is -0.481 e. The van der Waals surface area contributed by atoms with E-state index in [4.69, 9.17) is 0 Å². The van der Waals surface area contributed by atoms with Gasteiger partial charge in [-0.05, 0) is 68.6 Å². The third-order valence-electron chi connectivity index (χ3n) is 10.0. The first-order chi connectivity index (χ1) is 18.8. The van der Waals surface area contributed by atoms with Crippen LogP contribution in [0.1, 0.15) is 147 Å². The van der Waals surface area contributed by atoms with Crippen molar-refractivity contribution in [2.24, 2.45) is 10.8 Å². The molecular formula is C34H52FO4. The molecule has 0 spiro atoms. The lowest BCUT2D eigenvalue weighted by Gasteiger charge is -2.59. The molecule has 39 heavy (non-hydrogen) atoms. The van der Waals surface area contributed by atoms with Gasteiger partial charge >= 0.3 is 11.9 Å². The molecule has 0 unspecified atom stereocenters. The van der Waals surface area contributed by atoms with Crippen LogP contribution in [-0.2, 0) is 21.4 Å². The van der Waals surface area contributed by atoms with Crippen molar-refractivity contribution in [3.63, 3.8) is 0 Å². The Hall–Kier alpha value is -1.91. The molecule has 1 aromatic carbocycles. The number of halogens is 1. The molecule has 1 aromatic rings. The van der Waals surface area contributed by atoms with Gasteiger partial charge in [-0.2, -0.15) is 0 Å². The van der Waals surface area contributed by atoms with Gasteiger partial charge in [-0.3, -0.25) is 9.59 Å². The third kappa shape index (κ3) is 6.38. The van der Waals surface area contributed by atoms with Crippen LogP contribution < -0.4 is 0 Å². The topological polar surface area (TPSA) is 74.6 Å². The van der Waals surface area contributed by atoms with Gasteiger partial charge in [0.25, 0.3) is 0 Å². The van der Waals surface area contributed by atoms with Gasteiger partial charge in [-0.25, -0.2) is 4.39 Å². The second-order valence-electron chi connectivity index (χ2n) is 12.4. The molecule has 2 N–H and O–H groups in total. The SMILES string of the molecule is CCC[CH]C(c1ccc(CCCCC)cc1F)(C1(C(=O)O)CCCCCCC1)C1(C(=O)O)CCCCCCC1. The van der Waals surface area contributed by atoms with Gasteiger partial charge in [-0.15, -0.1) is 0 Å². The van der Waals surface area contributed by atoms with Gasteiger partial charge in [0, 0.05) is 5.41 Å². The normalized spacial score (nSPS) is 20.3. The summed E-state index contributed by atoms with van der Waals surface area (Å²) in [5, 5.41) is 22.4. The number of benzene rings is 1. The number of aliphatic carboxylic acids is 2. The van der Waals surface area contributed by atoms with Crippen LogP contribution in [0.15, 0.2) is 18.2 Å². The Morgan fingerprint density at radius 2 is 1.28 bits per heavy atom. The van der Waals surface area contributed by atoms with Crippen LogP contribution in [0.5, 0.6) is 0 Å². The Balaban J connectivity index is 2.38. The summed E-state index contributed by atoms with van der Waals surface area (Å²) in [6, 6.07) is 5.31. The van der Waals surface area contributed by atoms with Crippen molar-refractivity contribution >= 4 is 11.9 Å². The summed E-state index contributed by atoms with van der Waals surface area (Å²) < 4.78 is 16.6. The highest BCUT2D eigenvalue weighted by molar-refractivity contribution is 5.85. The van der Waals surface area contributed by atoms with Crippen LogP contribution in [0, 0.1) is 23.1 Å². The van der Waals surface area contributed by atoms with Crippen molar-refractivity contribution < 1.29 is 24.2 Å². The minimum atomic E-state index is -1.44. The molecule has 219 valence electrons. The van der Waals surface area contributed by atoms with Crippen LogP contribution in [0.2, 0.25) is 0 Å². The van der Waals surface area contributed by atoms with E-state index in [1.807, 2.05) is 19.4 Å². The van der Waals surface area contributed by atoms with Gasteiger partial charge < -0.3 is 10.2 Å². The van der Waals surface area contributed by atoms with E-state index in [1.54, 1.807) is 12.1 Å².